The molecule has 6 nitrogen and oxygen atoms in total. The summed E-state index contributed by atoms with van der Waals surface area (Å²) in [5.74, 6) is 0.996. The molecular formula is C15H14N4O2. The number of hydrogen-bond donors (Lipinski definition) is 1. The Bertz CT molecular complexity index is 740. The molecule has 0 saturated carbocycles. The lowest BCUT2D eigenvalue weighted by molar-refractivity contribution is 0.366. The van der Waals surface area contributed by atoms with Crippen LogP contribution in [0.25, 0.3) is 22.4 Å². The van der Waals surface area contributed by atoms with Crippen molar-refractivity contribution in [2.75, 3.05) is 14.2 Å². The highest BCUT2D eigenvalue weighted by Crippen LogP contribution is 2.35. The Labute approximate surface area is 121 Å². The standard InChI is InChI=1S/C15H14N4O2/c1-20-13-4-3-11(15(18-13)21-2)12-9-17-19-14(12)10-5-7-16-8-6-10/h3-9H,1-2H3,(H,17,19). The Morgan fingerprint density at radius 1 is 0.952 bits per heavy atom. The van der Waals surface area contributed by atoms with Crippen LogP contribution in [0.15, 0.2) is 42.9 Å². The number of ether oxygens (including phenoxy) is 2. The molecule has 21 heavy (non-hydrogen) atoms. The average Bonchev–Trinajstić information content (AvgIpc) is 3.04. The lowest BCUT2D eigenvalue weighted by atomic mass is 10.0. The molecule has 3 aromatic rings. The van der Waals surface area contributed by atoms with Crippen LogP contribution >= 0.6 is 0 Å². The van der Waals surface area contributed by atoms with Crippen molar-refractivity contribution in [3.8, 4) is 34.1 Å². The second-order valence-corrected chi connectivity index (χ2v) is 4.31. The second-order valence-electron chi connectivity index (χ2n) is 4.31. The van der Waals surface area contributed by atoms with Crippen LogP contribution in [0.4, 0.5) is 0 Å². The Hall–Kier alpha value is -2.89. The Kier molecular flexibility index (Phi) is 3.51. The highest BCUT2D eigenvalue weighted by molar-refractivity contribution is 5.82. The summed E-state index contributed by atoms with van der Waals surface area (Å²) in [6.45, 7) is 0. The molecule has 3 heterocycles. The van der Waals surface area contributed by atoms with Gasteiger partial charge in [0, 0.05) is 35.2 Å². The summed E-state index contributed by atoms with van der Waals surface area (Å²) >= 11 is 0. The minimum atomic E-state index is 0.492. The Balaban J connectivity index is 2.12. The number of nitrogens with one attached hydrogen (secondary N) is 1. The van der Waals surface area contributed by atoms with Crippen LogP contribution in [0, 0.1) is 0 Å². The van der Waals surface area contributed by atoms with Crippen molar-refractivity contribution < 1.29 is 9.47 Å². The predicted molar refractivity (Wildman–Crippen MR) is 78.2 cm³/mol. The van der Waals surface area contributed by atoms with Gasteiger partial charge in [-0.05, 0) is 18.2 Å². The van der Waals surface area contributed by atoms with Crippen molar-refractivity contribution in [3.63, 3.8) is 0 Å². The van der Waals surface area contributed by atoms with Gasteiger partial charge in [-0.15, -0.1) is 0 Å². The number of hydrogen-bond acceptors (Lipinski definition) is 5. The molecule has 3 rings (SSSR count). The highest BCUT2D eigenvalue weighted by Gasteiger charge is 2.15. The molecule has 106 valence electrons. The minimum Gasteiger partial charge on any atom is -0.481 e. The molecule has 0 spiro atoms. The number of rotatable bonds is 4. The average molecular weight is 282 g/mol. The number of H-pyrrole nitrogens is 1. The van der Waals surface area contributed by atoms with Gasteiger partial charge in [0.25, 0.3) is 0 Å². The number of aromatic nitrogens is 4. The van der Waals surface area contributed by atoms with E-state index < -0.39 is 0 Å². The van der Waals surface area contributed by atoms with Gasteiger partial charge in [0.15, 0.2) is 0 Å². The van der Waals surface area contributed by atoms with E-state index in [0.717, 1.165) is 22.4 Å². The highest BCUT2D eigenvalue weighted by atomic mass is 16.5. The fourth-order valence-corrected chi connectivity index (χ4v) is 2.13. The molecule has 0 atom stereocenters. The third-order valence-electron chi connectivity index (χ3n) is 3.14. The molecule has 0 aliphatic heterocycles. The van der Waals surface area contributed by atoms with E-state index in [4.69, 9.17) is 9.47 Å². The number of methoxy groups -OCH3 is 2. The molecule has 6 heteroatoms. The van der Waals surface area contributed by atoms with Crippen molar-refractivity contribution in [3.05, 3.63) is 42.9 Å². The first-order valence-corrected chi connectivity index (χ1v) is 6.36. The maximum Gasteiger partial charge on any atom is 0.224 e. The van der Waals surface area contributed by atoms with E-state index in [1.807, 2.05) is 18.2 Å². The molecule has 0 bridgehead atoms. The van der Waals surface area contributed by atoms with E-state index in [9.17, 15) is 0 Å². The summed E-state index contributed by atoms with van der Waals surface area (Å²) in [6.07, 6.45) is 5.23. The minimum absolute atomic E-state index is 0.492. The lowest BCUT2D eigenvalue weighted by Crippen LogP contribution is -1.95. The third-order valence-corrected chi connectivity index (χ3v) is 3.14. The van der Waals surface area contributed by atoms with Crippen LogP contribution in [0.2, 0.25) is 0 Å². The SMILES string of the molecule is COc1ccc(-c2cn[nH]c2-c2ccncc2)c(OC)n1. The van der Waals surface area contributed by atoms with Crippen LogP contribution < -0.4 is 9.47 Å². The molecule has 3 aromatic heterocycles. The van der Waals surface area contributed by atoms with Gasteiger partial charge in [-0.2, -0.15) is 10.1 Å². The van der Waals surface area contributed by atoms with Gasteiger partial charge in [-0.3, -0.25) is 10.1 Å². The van der Waals surface area contributed by atoms with Gasteiger partial charge in [0.1, 0.15) is 0 Å². The van der Waals surface area contributed by atoms with Crippen LogP contribution in [-0.2, 0) is 0 Å². The van der Waals surface area contributed by atoms with E-state index in [2.05, 4.69) is 20.2 Å². The molecule has 0 fully saturated rings. The monoisotopic (exact) mass is 282 g/mol. The van der Waals surface area contributed by atoms with E-state index >= 15 is 0 Å². The van der Waals surface area contributed by atoms with Crippen molar-refractivity contribution in [1.82, 2.24) is 20.2 Å². The quantitative estimate of drug-likeness (QED) is 0.796. The van der Waals surface area contributed by atoms with Gasteiger partial charge in [-0.25, -0.2) is 0 Å². The van der Waals surface area contributed by atoms with Crippen molar-refractivity contribution >= 4 is 0 Å². The number of nitrogens with zero attached hydrogens (tertiary/aromatic N) is 3. The molecular weight excluding hydrogens is 268 g/mol. The van der Waals surface area contributed by atoms with Crippen molar-refractivity contribution in [2.24, 2.45) is 0 Å². The molecule has 0 saturated heterocycles. The summed E-state index contributed by atoms with van der Waals surface area (Å²) < 4.78 is 10.5. The first kappa shape index (κ1) is 13.1. The molecule has 0 amide bonds. The second kappa shape index (κ2) is 5.62. The molecule has 0 aliphatic carbocycles. The molecule has 0 radical (unpaired) electrons. The van der Waals surface area contributed by atoms with Crippen LogP contribution in [-0.4, -0.2) is 34.4 Å². The van der Waals surface area contributed by atoms with Gasteiger partial charge in [0.2, 0.25) is 11.8 Å². The number of pyridine rings is 2. The van der Waals surface area contributed by atoms with Gasteiger partial charge >= 0.3 is 0 Å². The zero-order valence-electron chi connectivity index (χ0n) is 11.7. The third kappa shape index (κ3) is 2.43. The smallest absolute Gasteiger partial charge is 0.224 e. The predicted octanol–water partition coefficient (Wildman–Crippen LogP) is 2.55. The van der Waals surface area contributed by atoms with Crippen molar-refractivity contribution in [2.45, 2.75) is 0 Å². The first-order chi connectivity index (χ1) is 10.3. The zero-order valence-corrected chi connectivity index (χ0v) is 11.7. The summed E-state index contributed by atoms with van der Waals surface area (Å²) in [6, 6.07) is 7.53. The Morgan fingerprint density at radius 3 is 2.48 bits per heavy atom. The maximum atomic E-state index is 5.36. The van der Waals surface area contributed by atoms with Crippen molar-refractivity contribution in [1.29, 1.82) is 0 Å². The van der Waals surface area contributed by atoms with Crippen LogP contribution in [0.3, 0.4) is 0 Å². The molecule has 0 aromatic carbocycles. The van der Waals surface area contributed by atoms with Gasteiger partial charge in [-0.1, -0.05) is 0 Å². The van der Waals surface area contributed by atoms with E-state index in [1.54, 1.807) is 38.9 Å². The van der Waals surface area contributed by atoms with E-state index in [-0.39, 0.29) is 0 Å². The Morgan fingerprint density at radius 2 is 1.76 bits per heavy atom. The largest absolute Gasteiger partial charge is 0.481 e. The molecule has 1 N–H and O–H groups in total. The fraction of sp³-hybridized carbons (Fsp3) is 0.133. The molecule has 0 unspecified atom stereocenters. The summed E-state index contributed by atoms with van der Waals surface area (Å²) in [7, 11) is 3.15. The fourth-order valence-electron chi connectivity index (χ4n) is 2.13. The van der Waals surface area contributed by atoms with Crippen LogP contribution in [0.1, 0.15) is 0 Å². The normalized spacial score (nSPS) is 10.4. The first-order valence-electron chi connectivity index (χ1n) is 6.36. The summed E-state index contributed by atoms with van der Waals surface area (Å²) in [5, 5.41) is 7.14. The topological polar surface area (TPSA) is 72.9 Å². The van der Waals surface area contributed by atoms with Gasteiger partial charge in [0.05, 0.1) is 26.1 Å². The van der Waals surface area contributed by atoms with E-state index in [0.29, 0.717) is 11.8 Å². The van der Waals surface area contributed by atoms with E-state index in [1.165, 1.54) is 0 Å². The maximum absolute atomic E-state index is 5.36. The van der Waals surface area contributed by atoms with Crippen LogP contribution in [0.5, 0.6) is 11.8 Å². The lowest BCUT2D eigenvalue weighted by Gasteiger charge is -2.09. The summed E-state index contributed by atoms with van der Waals surface area (Å²) in [5.41, 5.74) is 3.64. The van der Waals surface area contributed by atoms with Gasteiger partial charge < -0.3 is 9.47 Å². The number of aromatic amines is 1. The molecule has 0 aliphatic rings. The summed E-state index contributed by atoms with van der Waals surface area (Å²) in [4.78, 5) is 8.33. The zero-order chi connectivity index (χ0) is 14.7.